The predicted molar refractivity (Wildman–Crippen MR) is 191 cm³/mol. The second-order valence-electron chi connectivity index (χ2n) is 14.2. The Morgan fingerprint density at radius 1 is 0.574 bits per heavy atom. The molecular formula is C38H73O8P. The highest BCUT2D eigenvalue weighted by atomic mass is 31.2. The Bertz CT molecular complexity index is 801. The molecule has 0 saturated heterocycles. The molecule has 1 saturated carbocycles. The minimum atomic E-state index is -4.74. The lowest BCUT2D eigenvalue weighted by Gasteiger charge is -2.18. The first-order valence-electron chi connectivity index (χ1n) is 19.8. The summed E-state index contributed by atoms with van der Waals surface area (Å²) >= 11 is 0. The molecule has 1 aliphatic carbocycles. The van der Waals surface area contributed by atoms with Crippen molar-refractivity contribution >= 4 is 19.8 Å². The van der Waals surface area contributed by atoms with Crippen LogP contribution < -0.4 is 0 Å². The van der Waals surface area contributed by atoms with Crippen molar-refractivity contribution in [2.24, 2.45) is 11.8 Å². The second kappa shape index (κ2) is 29.9. The number of carbonyl (C=O) groups is 2. The van der Waals surface area contributed by atoms with Gasteiger partial charge in [-0.2, -0.15) is 0 Å². The Kier molecular flexibility index (Phi) is 28.1. The third kappa shape index (κ3) is 29.7. The van der Waals surface area contributed by atoms with Gasteiger partial charge in [-0.05, 0) is 31.1 Å². The van der Waals surface area contributed by atoms with E-state index in [0.29, 0.717) is 6.42 Å². The molecule has 0 bridgehead atoms. The van der Waals surface area contributed by atoms with Crippen molar-refractivity contribution in [3.8, 4) is 0 Å². The van der Waals surface area contributed by atoms with E-state index in [0.717, 1.165) is 43.9 Å². The molecule has 0 aromatic carbocycles. The normalized spacial score (nSPS) is 16.7. The standard InChI is InChI=1S/C38H73O8P/c1-3-5-7-9-11-12-13-14-15-16-17-21-25-29-37(39)44-32-36(33-45-47(41,42)43)46-38(40)30-26-22-18-20-24-28-35-31-34(35)27-23-19-10-8-6-4-2/h34-36H,3-33H2,1-2H3,(H2,41,42,43). The van der Waals surface area contributed by atoms with Gasteiger partial charge in [0.2, 0.25) is 0 Å². The third-order valence-corrected chi connectivity index (χ3v) is 10.1. The minimum Gasteiger partial charge on any atom is -0.462 e. The maximum absolute atomic E-state index is 12.4. The molecule has 2 N–H and O–H groups in total. The largest absolute Gasteiger partial charge is 0.469 e. The number of phosphoric ester groups is 1. The van der Waals surface area contributed by atoms with Crippen LogP contribution in [-0.4, -0.2) is 41.0 Å². The maximum atomic E-state index is 12.4. The molecule has 8 nitrogen and oxygen atoms in total. The number of esters is 2. The Labute approximate surface area is 288 Å². The smallest absolute Gasteiger partial charge is 0.462 e. The van der Waals surface area contributed by atoms with Gasteiger partial charge in [0, 0.05) is 12.8 Å². The van der Waals surface area contributed by atoms with E-state index in [1.54, 1.807) is 0 Å². The highest BCUT2D eigenvalue weighted by molar-refractivity contribution is 7.46. The first-order chi connectivity index (χ1) is 22.7. The molecule has 278 valence electrons. The molecule has 0 aromatic rings. The van der Waals surface area contributed by atoms with Crippen LogP contribution in [0.1, 0.15) is 200 Å². The van der Waals surface area contributed by atoms with Crippen molar-refractivity contribution in [1.29, 1.82) is 0 Å². The van der Waals surface area contributed by atoms with E-state index in [9.17, 15) is 14.2 Å². The van der Waals surface area contributed by atoms with Crippen LogP contribution in [0.2, 0.25) is 0 Å². The zero-order valence-corrected chi connectivity index (χ0v) is 31.3. The van der Waals surface area contributed by atoms with Gasteiger partial charge in [0.25, 0.3) is 0 Å². The summed E-state index contributed by atoms with van der Waals surface area (Å²) in [4.78, 5) is 42.8. The van der Waals surface area contributed by atoms with Crippen LogP contribution in [0.4, 0.5) is 0 Å². The number of phosphoric acid groups is 1. The van der Waals surface area contributed by atoms with Crippen LogP contribution in [0.15, 0.2) is 0 Å². The molecule has 0 radical (unpaired) electrons. The average molecular weight is 689 g/mol. The van der Waals surface area contributed by atoms with Crippen LogP contribution in [0.3, 0.4) is 0 Å². The Hall–Kier alpha value is -0.950. The van der Waals surface area contributed by atoms with E-state index in [4.69, 9.17) is 19.3 Å². The Morgan fingerprint density at radius 2 is 0.957 bits per heavy atom. The second-order valence-corrected chi connectivity index (χ2v) is 15.4. The first-order valence-corrected chi connectivity index (χ1v) is 21.3. The highest BCUT2D eigenvalue weighted by Crippen LogP contribution is 2.45. The molecule has 47 heavy (non-hydrogen) atoms. The molecule has 1 fully saturated rings. The topological polar surface area (TPSA) is 119 Å². The van der Waals surface area contributed by atoms with Crippen LogP contribution in [0.5, 0.6) is 0 Å². The van der Waals surface area contributed by atoms with E-state index in [-0.39, 0.29) is 19.4 Å². The first kappa shape index (κ1) is 44.1. The summed E-state index contributed by atoms with van der Waals surface area (Å²) in [6.45, 7) is 3.71. The van der Waals surface area contributed by atoms with Crippen molar-refractivity contribution in [3.63, 3.8) is 0 Å². The van der Waals surface area contributed by atoms with Gasteiger partial charge in [-0.3, -0.25) is 14.1 Å². The Balaban J connectivity index is 2.07. The fraction of sp³-hybridized carbons (Fsp3) is 0.947. The van der Waals surface area contributed by atoms with Crippen molar-refractivity contribution in [2.75, 3.05) is 13.2 Å². The van der Waals surface area contributed by atoms with Gasteiger partial charge in [-0.15, -0.1) is 0 Å². The number of hydrogen-bond acceptors (Lipinski definition) is 6. The summed E-state index contributed by atoms with van der Waals surface area (Å²) in [5.74, 6) is 1.05. The molecule has 0 amide bonds. The van der Waals surface area contributed by atoms with E-state index in [1.165, 1.54) is 135 Å². The molecule has 0 aliphatic heterocycles. The van der Waals surface area contributed by atoms with Gasteiger partial charge in [0.1, 0.15) is 6.61 Å². The quantitative estimate of drug-likeness (QED) is 0.0383. The molecular weight excluding hydrogens is 615 g/mol. The zero-order valence-electron chi connectivity index (χ0n) is 30.4. The van der Waals surface area contributed by atoms with Crippen LogP contribution in [0, 0.1) is 11.8 Å². The molecule has 0 spiro atoms. The average Bonchev–Trinajstić information content (AvgIpc) is 3.79. The van der Waals surface area contributed by atoms with Crippen molar-refractivity contribution in [2.45, 2.75) is 206 Å². The number of ether oxygens (including phenoxy) is 2. The lowest BCUT2D eigenvalue weighted by Crippen LogP contribution is -2.29. The lowest BCUT2D eigenvalue weighted by atomic mass is 10.0. The van der Waals surface area contributed by atoms with Crippen molar-refractivity contribution in [3.05, 3.63) is 0 Å². The summed E-state index contributed by atoms with van der Waals surface area (Å²) in [6.07, 6.45) is 33.0. The molecule has 3 unspecified atom stereocenters. The van der Waals surface area contributed by atoms with Gasteiger partial charge < -0.3 is 19.3 Å². The summed E-state index contributed by atoms with van der Waals surface area (Å²) in [5, 5.41) is 0. The SMILES string of the molecule is CCCCCCCCCCCCCCCC(=O)OCC(COP(=O)(O)O)OC(=O)CCCCCCCC1CC1CCCCCCCC. The summed E-state index contributed by atoms with van der Waals surface area (Å²) < 4.78 is 26.4. The van der Waals surface area contributed by atoms with E-state index >= 15 is 0 Å². The fourth-order valence-corrected chi connectivity index (χ4v) is 6.86. The molecule has 0 aromatic heterocycles. The lowest BCUT2D eigenvalue weighted by molar-refractivity contribution is -0.161. The highest BCUT2D eigenvalue weighted by Gasteiger charge is 2.35. The van der Waals surface area contributed by atoms with Gasteiger partial charge in [-0.1, -0.05) is 168 Å². The van der Waals surface area contributed by atoms with Gasteiger partial charge in [0.05, 0.1) is 6.61 Å². The van der Waals surface area contributed by atoms with E-state index in [1.807, 2.05) is 0 Å². The number of unbranched alkanes of at least 4 members (excludes halogenated alkanes) is 21. The van der Waals surface area contributed by atoms with Crippen molar-refractivity contribution < 1.29 is 37.9 Å². The molecule has 1 aliphatic rings. The van der Waals surface area contributed by atoms with Crippen LogP contribution in [0.25, 0.3) is 0 Å². The summed E-state index contributed by atoms with van der Waals surface area (Å²) in [6, 6.07) is 0. The molecule has 0 heterocycles. The summed E-state index contributed by atoms with van der Waals surface area (Å²) in [7, 11) is -4.74. The number of hydrogen-bond donors (Lipinski definition) is 2. The number of carbonyl (C=O) groups excluding carboxylic acids is 2. The van der Waals surface area contributed by atoms with Gasteiger partial charge in [0.15, 0.2) is 6.10 Å². The van der Waals surface area contributed by atoms with Crippen LogP contribution >= 0.6 is 7.82 Å². The van der Waals surface area contributed by atoms with Crippen LogP contribution in [-0.2, 0) is 28.2 Å². The van der Waals surface area contributed by atoms with Gasteiger partial charge >= 0.3 is 19.8 Å². The monoisotopic (exact) mass is 689 g/mol. The molecule has 3 atom stereocenters. The van der Waals surface area contributed by atoms with E-state index < -0.39 is 32.5 Å². The van der Waals surface area contributed by atoms with Gasteiger partial charge in [-0.25, -0.2) is 4.57 Å². The predicted octanol–water partition coefficient (Wildman–Crippen LogP) is 11.1. The molecule has 9 heteroatoms. The van der Waals surface area contributed by atoms with Crippen molar-refractivity contribution in [1.82, 2.24) is 0 Å². The Morgan fingerprint density at radius 3 is 1.38 bits per heavy atom. The maximum Gasteiger partial charge on any atom is 0.469 e. The zero-order chi connectivity index (χ0) is 34.4. The minimum absolute atomic E-state index is 0.224. The number of rotatable bonds is 35. The van der Waals surface area contributed by atoms with E-state index in [2.05, 4.69) is 18.4 Å². The molecule has 1 rings (SSSR count). The third-order valence-electron chi connectivity index (χ3n) is 9.59. The summed E-state index contributed by atoms with van der Waals surface area (Å²) in [5.41, 5.74) is 0. The fourth-order valence-electron chi connectivity index (χ4n) is 6.50.